The lowest BCUT2D eigenvalue weighted by Crippen LogP contribution is -2.31. The van der Waals surface area contributed by atoms with Crippen molar-refractivity contribution in [2.45, 2.75) is 19.8 Å². The summed E-state index contributed by atoms with van der Waals surface area (Å²) in [6.45, 7) is 2.19. The molecule has 1 N–H and O–H groups in total. The summed E-state index contributed by atoms with van der Waals surface area (Å²) in [5.41, 5.74) is 4.70. The Kier molecular flexibility index (Phi) is 5.22. The van der Waals surface area contributed by atoms with Crippen LogP contribution in [0.4, 0.5) is 5.69 Å². The third-order valence-corrected chi connectivity index (χ3v) is 5.71. The van der Waals surface area contributed by atoms with Crippen LogP contribution in [0.15, 0.2) is 71.1 Å². The van der Waals surface area contributed by atoms with Gasteiger partial charge in [-0.3, -0.25) is 19.3 Å². The summed E-state index contributed by atoms with van der Waals surface area (Å²) < 4.78 is 5.92. The molecule has 4 aromatic rings. The molecule has 0 radical (unpaired) electrons. The van der Waals surface area contributed by atoms with Crippen LogP contribution < -0.4 is 5.32 Å². The number of aryl methyl sites for hydroxylation is 1. The van der Waals surface area contributed by atoms with Crippen LogP contribution in [-0.4, -0.2) is 34.2 Å². The molecule has 0 bridgehead atoms. The topological polar surface area (TPSA) is 92.5 Å². The number of hydrogen-bond donors (Lipinski definition) is 1. The Morgan fingerprint density at radius 3 is 2.30 bits per heavy atom. The number of imide groups is 1. The highest BCUT2D eigenvalue weighted by Crippen LogP contribution is 2.28. The predicted octanol–water partition coefficient (Wildman–Crippen LogP) is 4.82. The second-order valence-electron chi connectivity index (χ2n) is 7.98. The van der Waals surface area contributed by atoms with Crippen LogP contribution in [-0.2, 0) is 4.79 Å². The highest BCUT2D eigenvalue weighted by atomic mass is 16.3. The fourth-order valence-corrected chi connectivity index (χ4v) is 3.99. The molecular formula is C26H21N3O4. The lowest BCUT2D eigenvalue weighted by atomic mass is 10.1. The van der Waals surface area contributed by atoms with E-state index >= 15 is 0 Å². The molecule has 0 fully saturated rings. The van der Waals surface area contributed by atoms with Crippen LogP contribution in [0.3, 0.4) is 0 Å². The summed E-state index contributed by atoms with van der Waals surface area (Å²) in [6, 6.07) is 19.9. The molecule has 0 atom stereocenters. The second-order valence-corrected chi connectivity index (χ2v) is 7.98. The number of nitrogens with zero attached hydrogens (tertiary/aromatic N) is 2. The van der Waals surface area contributed by atoms with Gasteiger partial charge in [0.05, 0.1) is 11.1 Å². The number of oxazole rings is 1. The molecule has 7 heteroatoms. The largest absolute Gasteiger partial charge is 0.436 e. The van der Waals surface area contributed by atoms with Crippen molar-refractivity contribution in [2.75, 3.05) is 11.9 Å². The van der Waals surface area contributed by atoms with Crippen LogP contribution in [0, 0.1) is 6.92 Å². The van der Waals surface area contributed by atoms with Crippen molar-refractivity contribution < 1.29 is 18.8 Å². The molecule has 7 nitrogen and oxygen atoms in total. The average molecular weight is 439 g/mol. The zero-order chi connectivity index (χ0) is 22.9. The van der Waals surface area contributed by atoms with Gasteiger partial charge in [0.25, 0.3) is 11.8 Å². The zero-order valence-corrected chi connectivity index (χ0v) is 18.0. The molecular weight excluding hydrogens is 418 g/mol. The van der Waals surface area contributed by atoms with E-state index in [4.69, 9.17) is 4.42 Å². The summed E-state index contributed by atoms with van der Waals surface area (Å²) in [5, 5.41) is 2.84. The van der Waals surface area contributed by atoms with E-state index in [9.17, 15) is 14.4 Å². The molecule has 1 aliphatic rings. The van der Waals surface area contributed by atoms with E-state index in [1.807, 2.05) is 31.2 Å². The van der Waals surface area contributed by atoms with Crippen molar-refractivity contribution in [2.24, 2.45) is 0 Å². The molecule has 2 heterocycles. The van der Waals surface area contributed by atoms with Gasteiger partial charge in [-0.05, 0) is 49.2 Å². The Morgan fingerprint density at radius 2 is 1.61 bits per heavy atom. The fraction of sp³-hybridized carbons (Fsp3) is 0.154. The number of benzene rings is 3. The van der Waals surface area contributed by atoms with Crippen LogP contribution in [0.1, 0.15) is 39.1 Å². The van der Waals surface area contributed by atoms with Gasteiger partial charge in [0.1, 0.15) is 5.52 Å². The lowest BCUT2D eigenvalue weighted by molar-refractivity contribution is -0.116. The maximum absolute atomic E-state index is 12.4. The smallest absolute Gasteiger partial charge is 0.261 e. The molecule has 1 aliphatic heterocycles. The first-order chi connectivity index (χ1) is 16.0. The number of amides is 3. The summed E-state index contributed by atoms with van der Waals surface area (Å²) in [7, 11) is 0. The number of carbonyl (C=O) groups excluding carboxylic acids is 3. The van der Waals surface area contributed by atoms with Crippen molar-refractivity contribution in [3.63, 3.8) is 0 Å². The standard InChI is InChI=1S/C26H21N3O4/c1-16-7-2-3-8-18(16)24-28-21-13-12-17(15-22(21)33-24)27-23(30)11-6-14-29-25(31)19-9-4-5-10-20(19)26(29)32/h2-5,7-10,12-13,15H,6,11,14H2,1H3,(H,27,30). The fourth-order valence-electron chi connectivity index (χ4n) is 3.99. The van der Waals surface area contributed by atoms with E-state index in [1.165, 1.54) is 4.90 Å². The molecule has 0 saturated carbocycles. The summed E-state index contributed by atoms with van der Waals surface area (Å²) in [5.74, 6) is -0.287. The lowest BCUT2D eigenvalue weighted by Gasteiger charge is -2.13. The molecule has 33 heavy (non-hydrogen) atoms. The Morgan fingerprint density at radius 1 is 0.939 bits per heavy atom. The number of carbonyl (C=O) groups is 3. The van der Waals surface area contributed by atoms with Crippen LogP contribution in [0.25, 0.3) is 22.6 Å². The monoisotopic (exact) mass is 439 g/mol. The average Bonchev–Trinajstić information content (AvgIpc) is 3.34. The van der Waals surface area contributed by atoms with E-state index < -0.39 is 0 Å². The minimum Gasteiger partial charge on any atom is -0.436 e. The number of fused-ring (bicyclic) bond motifs is 2. The number of anilines is 1. The van der Waals surface area contributed by atoms with Crippen molar-refractivity contribution in [1.29, 1.82) is 0 Å². The Labute approximate surface area is 190 Å². The van der Waals surface area contributed by atoms with Crippen LogP contribution in [0.5, 0.6) is 0 Å². The van der Waals surface area contributed by atoms with Gasteiger partial charge in [-0.2, -0.15) is 0 Å². The zero-order valence-electron chi connectivity index (χ0n) is 18.0. The Balaban J connectivity index is 1.21. The first-order valence-electron chi connectivity index (χ1n) is 10.7. The van der Waals surface area contributed by atoms with Gasteiger partial charge in [0, 0.05) is 30.3 Å². The minimum absolute atomic E-state index is 0.177. The van der Waals surface area contributed by atoms with E-state index in [2.05, 4.69) is 10.3 Å². The predicted molar refractivity (Wildman–Crippen MR) is 124 cm³/mol. The van der Waals surface area contributed by atoms with Crippen molar-refractivity contribution in [3.8, 4) is 11.5 Å². The molecule has 0 spiro atoms. The van der Waals surface area contributed by atoms with E-state index in [0.29, 0.717) is 40.2 Å². The van der Waals surface area contributed by atoms with Gasteiger partial charge in [0.15, 0.2) is 5.58 Å². The van der Waals surface area contributed by atoms with E-state index in [1.54, 1.807) is 42.5 Å². The van der Waals surface area contributed by atoms with Gasteiger partial charge < -0.3 is 9.73 Å². The summed E-state index contributed by atoms with van der Waals surface area (Å²) in [6.07, 6.45) is 0.551. The number of hydrogen-bond acceptors (Lipinski definition) is 5. The van der Waals surface area contributed by atoms with E-state index in [0.717, 1.165) is 11.1 Å². The SMILES string of the molecule is Cc1ccccc1-c1nc2ccc(NC(=O)CCCN3C(=O)c4ccccc4C3=O)cc2o1. The van der Waals surface area contributed by atoms with Gasteiger partial charge in [0.2, 0.25) is 11.8 Å². The van der Waals surface area contributed by atoms with Gasteiger partial charge in [-0.25, -0.2) is 4.98 Å². The van der Waals surface area contributed by atoms with Crippen molar-refractivity contribution in [1.82, 2.24) is 9.88 Å². The highest BCUT2D eigenvalue weighted by Gasteiger charge is 2.34. The third kappa shape index (κ3) is 3.89. The molecule has 164 valence electrons. The van der Waals surface area contributed by atoms with Crippen molar-refractivity contribution >= 4 is 34.5 Å². The quantitative estimate of drug-likeness (QED) is 0.435. The maximum atomic E-state index is 12.4. The highest BCUT2D eigenvalue weighted by molar-refractivity contribution is 6.21. The van der Waals surface area contributed by atoms with Gasteiger partial charge in [-0.15, -0.1) is 0 Å². The van der Waals surface area contributed by atoms with Crippen molar-refractivity contribution in [3.05, 3.63) is 83.4 Å². The molecule has 3 amide bonds. The van der Waals surface area contributed by atoms with Gasteiger partial charge in [-0.1, -0.05) is 30.3 Å². The molecule has 0 aliphatic carbocycles. The normalized spacial score (nSPS) is 12.9. The Hall–Kier alpha value is -4.26. The van der Waals surface area contributed by atoms with E-state index in [-0.39, 0.29) is 30.7 Å². The second kappa shape index (κ2) is 8.35. The third-order valence-electron chi connectivity index (χ3n) is 5.71. The molecule has 5 rings (SSSR count). The van der Waals surface area contributed by atoms with Crippen LogP contribution >= 0.6 is 0 Å². The molecule has 0 saturated heterocycles. The summed E-state index contributed by atoms with van der Waals surface area (Å²) >= 11 is 0. The molecule has 1 aromatic heterocycles. The van der Waals surface area contributed by atoms with Crippen LogP contribution in [0.2, 0.25) is 0 Å². The van der Waals surface area contributed by atoms with Gasteiger partial charge >= 0.3 is 0 Å². The first kappa shape index (κ1) is 20.6. The number of nitrogens with one attached hydrogen (secondary N) is 1. The Bertz CT molecular complexity index is 1370. The molecule has 3 aromatic carbocycles. The summed E-state index contributed by atoms with van der Waals surface area (Å²) in [4.78, 5) is 43.0. The maximum Gasteiger partial charge on any atom is 0.261 e. The first-order valence-corrected chi connectivity index (χ1v) is 10.7. The minimum atomic E-state index is -0.309. The number of aromatic nitrogens is 1. The molecule has 0 unspecified atom stereocenters. The number of rotatable bonds is 6.